The van der Waals surface area contributed by atoms with Crippen molar-refractivity contribution in [1.82, 2.24) is 5.32 Å². The first-order chi connectivity index (χ1) is 10.0. The van der Waals surface area contributed by atoms with E-state index in [2.05, 4.69) is 10.6 Å². The third-order valence-electron chi connectivity index (χ3n) is 3.11. The molecule has 0 bridgehead atoms. The van der Waals surface area contributed by atoms with Gasteiger partial charge >= 0.3 is 5.97 Å². The van der Waals surface area contributed by atoms with Crippen LogP contribution in [0.5, 0.6) is 0 Å². The van der Waals surface area contributed by atoms with Gasteiger partial charge in [-0.25, -0.2) is 4.79 Å². The van der Waals surface area contributed by atoms with Crippen LogP contribution < -0.4 is 16.4 Å². The summed E-state index contributed by atoms with van der Waals surface area (Å²) in [6.45, 7) is 1.95. The van der Waals surface area contributed by atoms with Crippen molar-refractivity contribution >= 4 is 29.2 Å². The number of carbonyl (C=O) groups excluding carboxylic acids is 3. The quantitative estimate of drug-likeness (QED) is 0.427. The average Bonchev–Trinajstić information content (AvgIpc) is 2.43. The van der Waals surface area contributed by atoms with Crippen molar-refractivity contribution in [2.45, 2.75) is 25.8 Å². The lowest BCUT2D eigenvalue weighted by Gasteiger charge is -2.23. The number of esters is 1. The summed E-state index contributed by atoms with van der Waals surface area (Å²) >= 11 is 0. The molecule has 1 aromatic rings. The summed E-state index contributed by atoms with van der Waals surface area (Å²) in [5.41, 5.74) is 6.82. The second-order valence-corrected chi connectivity index (χ2v) is 4.67. The number of amides is 2. The van der Waals surface area contributed by atoms with Gasteiger partial charge in [-0.2, -0.15) is 0 Å². The minimum absolute atomic E-state index is 0.242. The number of piperidine rings is 1. The molecule has 112 valence electrons. The van der Waals surface area contributed by atoms with Crippen LogP contribution in [0.4, 0.5) is 11.4 Å². The van der Waals surface area contributed by atoms with E-state index in [1.165, 1.54) is 6.07 Å². The highest BCUT2D eigenvalue weighted by Gasteiger charge is 2.27. The van der Waals surface area contributed by atoms with E-state index in [9.17, 15) is 14.4 Å². The van der Waals surface area contributed by atoms with Gasteiger partial charge in [-0.05, 0) is 31.5 Å². The minimum atomic E-state index is -0.570. The van der Waals surface area contributed by atoms with Crippen molar-refractivity contribution in [3.8, 4) is 0 Å². The van der Waals surface area contributed by atoms with Crippen LogP contribution in [0.1, 0.15) is 30.1 Å². The number of rotatable bonds is 4. The highest BCUT2D eigenvalue weighted by Crippen LogP contribution is 2.22. The Morgan fingerprint density at radius 2 is 2.24 bits per heavy atom. The molecule has 4 N–H and O–H groups in total. The highest BCUT2D eigenvalue weighted by atomic mass is 16.5. The maximum absolute atomic E-state index is 11.9. The van der Waals surface area contributed by atoms with Gasteiger partial charge < -0.3 is 15.8 Å². The Kier molecular flexibility index (Phi) is 4.42. The standard InChI is InChI=1S/C14H17N3O4/c1-2-21-14(20)9-7-8(15)3-4-10(9)16-11-5-6-12(18)17-13(11)19/h3-4,7,11,16H,2,5-6,15H2,1H3,(H,17,18,19). The second kappa shape index (κ2) is 6.25. The van der Waals surface area contributed by atoms with E-state index < -0.39 is 17.9 Å². The molecule has 1 fully saturated rings. The van der Waals surface area contributed by atoms with E-state index in [0.717, 1.165) is 0 Å². The number of anilines is 2. The molecule has 1 saturated heterocycles. The molecule has 1 atom stereocenters. The smallest absolute Gasteiger partial charge is 0.340 e. The highest BCUT2D eigenvalue weighted by molar-refractivity contribution is 6.02. The van der Waals surface area contributed by atoms with Gasteiger partial charge in [0.25, 0.3) is 0 Å². The fraction of sp³-hybridized carbons (Fsp3) is 0.357. The third-order valence-corrected chi connectivity index (χ3v) is 3.11. The maximum atomic E-state index is 11.9. The number of imide groups is 1. The lowest BCUT2D eigenvalue weighted by molar-refractivity contribution is -0.133. The number of hydrogen-bond acceptors (Lipinski definition) is 6. The van der Waals surface area contributed by atoms with Gasteiger partial charge in [-0.1, -0.05) is 0 Å². The Balaban J connectivity index is 2.21. The number of nitrogens with one attached hydrogen (secondary N) is 2. The van der Waals surface area contributed by atoms with E-state index >= 15 is 0 Å². The molecular formula is C14H17N3O4. The zero-order valence-corrected chi connectivity index (χ0v) is 11.6. The number of carbonyl (C=O) groups is 3. The monoisotopic (exact) mass is 291 g/mol. The fourth-order valence-corrected chi connectivity index (χ4v) is 2.08. The molecule has 2 amide bonds. The molecule has 1 aliphatic heterocycles. The molecule has 1 aliphatic rings. The third kappa shape index (κ3) is 3.50. The van der Waals surface area contributed by atoms with E-state index in [-0.39, 0.29) is 24.5 Å². The molecule has 7 nitrogen and oxygen atoms in total. The predicted molar refractivity (Wildman–Crippen MR) is 76.6 cm³/mol. The van der Waals surface area contributed by atoms with Crippen molar-refractivity contribution < 1.29 is 19.1 Å². The largest absolute Gasteiger partial charge is 0.462 e. The van der Waals surface area contributed by atoms with Crippen LogP contribution in [0.25, 0.3) is 0 Å². The molecule has 0 spiro atoms. The van der Waals surface area contributed by atoms with Crippen LogP contribution in [-0.2, 0) is 14.3 Å². The lowest BCUT2D eigenvalue weighted by Crippen LogP contribution is -2.47. The molecular weight excluding hydrogens is 274 g/mol. The van der Waals surface area contributed by atoms with Gasteiger partial charge in [0.2, 0.25) is 11.8 Å². The molecule has 1 aromatic carbocycles. The Hall–Kier alpha value is -2.57. The fourth-order valence-electron chi connectivity index (χ4n) is 2.08. The van der Waals surface area contributed by atoms with Crippen molar-refractivity contribution in [2.24, 2.45) is 0 Å². The molecule has 0 aliphatic carbocycles. The molecule has 0 saturated carbocycles. The van der Waals surface area contributed by atoms with Crippen LogP contribution in [0.2, 0.25) is 0 Å². The van der Waals surface area contributed by atoms with E-state index in [4.69, 9.17) is 10.5 Å². The first kappa shape index (κ1) is 14.8. The molecule has 2 rings (SSSR count). The number of hydrogen-bond donors (Lipinski definition) is 3. The molecule has 1 unspecified atom stereocenters. The Morgan fingerprint density at radius 1 is 1.48 bits per heavy atom. The first-order valence-electron chi connectivity index (χ1n) is 6.68. The van der Waals surface area contributed by atoms with Crippen LogP contribution >= 0.6 is 0 Å². The summed E-state index contributed by atoms with van der Waals surface area (Å²) in [4.78, 5) is 34.8. The summed E-state index contributed by atoms with van der Waals surface area (Å²) < 4.78 is 4.97. The normalized spacial score (nSPS) is 18.0. The van der Waals surface area contributed by atoms with Gasteiger partial charge in [-0.15, -0.1) is 0 Å². The topological polar surface area (TPSA) is 111 Å². The van der Waals surface area contributed by atoms with Gasteiger partial charge in [0.05, 0.1) is 12.2 Å². The lowest BCUT2D eigenvalue weighted by atomic mass is 10.0. The van der Waals surface area contributed by atoms with Crippen LogP contribution in [0.15, 0.2) is 18.2 Å². The maximum Gasteiger partial charge on any atom is 0.340 e. The van der Waals surface area contributed by atoms with Crippen LogP contribution in [0.3, 0.4) is 0 Å². The van der Waals surface area contributed by atoms with E-state index in [1.54, 1.807) is 19.1 Å². The molecule has 0 radical (unpaired) electrons. The van der Waals surface area contributed by atoms with Crippen molar-refractivity contribution in [3.63, 3.8) is 0 Å². The SMILES string of the molecule is CCOC(=O)c1cc(N)ccc1NC1CCC(=O)NC1=O. The number of ether oxygens (including phenoxy) is 1. The molecule has 21 heavy (non-hydrogen) atoms. The van der Waals surface area contributed by atoms with Crippen molar-refractivity contribution in [2.75, 3.05) is 17.7 Å². The molecule has 0 aromatic heterocycles. The van der Waals surface area contributed by atoms with Gasteiger partial charge in [-0.3, -0.25) is 14.9 Å². The van der Waals surface area contributed by atoms with Crippen LogP contribution in [-0.4, -0.2) is 30.4 Å². The number of nitrogen functional groups attached to an aromatic ring is 1. The molecule has 1 heterocycles. The Bertz CT molecular complexity index is 586. The summed E-state index contributed by atoms with van der Waals surface area (Å²) in [6, 6.07) is 4.16. The minimum Gasteiger partial charge on any atom is -0.462 e. The zero-order valence-electron chi connectivity index (χ0n) is 11.6. The number of benzene rings is 1. The Labute approximate surface area is 121 Å². The van der Waals surface area contributed by atoms with Crippen LogP contribution in [0, 0.1) is 0 Å². The summed E-state index contributed by atoms with van der Waals surface area (Å²) in [7, 11) is 0. The van der Waals surface area contributed by atoms with Gasteiger partial charge in [0.15, 0.2) is 0 Å². The summed E-state index contributed by atoms with van der Waals surface area (Å²) in [5, 5.41) is 5.22. The van der Waals surface area contributed by atoms with Crippen molar-refractivity contribution in [1.29, 1.82) is 0 Å². The zero-order chi connectivity index (χ0) is 15.4. The summed E-state index contributed by atoms with van der Waals surface area (Å²) in [6.07, 6.45) is 0.629. The van der Waals surface area contributed by atoms with Crippen molar-refractivity contribution in [3.05, 3.63) is 23.8 Å². The average molecular weight is 291 g/mol. The molecule has 7 heteroatoms. The van der Waals surface area contributed by atoms with Gasteiger partial charge in [0.1, 0.15) is 6.04 Å². The first-order valence-corrected chi connectivity index (χ1v) is 6.68. The Morgan fingerprint density at radius 3 is 2.90 bits per heavy atom. The van der Waals surface area contributed by atoms with E-state index in [1.807, 2.05) is 0 Å². The van der Waals surface area contributed by atoms with Gasteiger partial charge in [0, 0.05) is 17.8 Å². The van der Waals surface area contributed by atoms with E-state index in [0.29, 0.717) is 17.8 Å². The number of nitrogens with two attached hydrogens (primary N) is 1. The second-order valence-electron chi connectivity index (χ2n) is 4.67. The predicted octanol–water partition coefficient (Wildman–Crippen LogP) is 0.663. The summed E-state index contributed by atoms with van der Waals surface area (Å²) in [5.74, 6) is -1.21.